The van der Waals surface area contributed by atoms with Gasteiger partial charge in [0.1, 0.15) is 11.9 Å². The van der Waals surface area contributed by atoms with Crippen LogP contribution in [0.4, 0.5) is 0 Å². The Morgan fingerprint density at radius 1 is 1.22 bits per heavy atom. The zero-order valence-electron chi connectivity index (χ0n) is 14.3. The molecule has 0 unspecified atom stereocenters. The van der Waals surface area contributed by atoms with Gasteiger partial charge in [-0.3, -0.25) is 0 Å². The number of methoxy groups -OCH3 is 1. The van der Waals surface area contributed by atoms with Crippen molar-refractivity contribution >= 4 is 12.0 Å². The van der Waals surface area contributed by atoms with Crippen LogP contribution in [0.15, 0.2) is 30.3 Å². The summed E-state index contributed by atoms with van der Waals surface area (Å²) in [4.78, 5) is 14.3. The third kappa shape index (κ3) is 5.71. The average Bonchev–Trinajstić information content (AvgIpc) is 2.55. The van der Waals surface area contributed by atoms with Crippen LogP contribution in [-0.2, 0) is 9.53 Å². The zero-order valence-corrected chi connectivity index (χ0v) is 14.3. The molecule has 0 spiro atoms. The van der Waals surface area contributed by atoms with E-state index in [0.717, 1.165) is 37.1 Å². The van der Waals surface area contributed by atoms with Gasteiger partial charge in [0.2, 0.25) is 0 Å². The van der Waals surface area contributed by atoms with Gasteiger partial charge in [-0.1, -0.05) is 18.6 Å². The van der Waals surface area contributed by atoms with E-state index in [0.29, 0.717) is 5.92 Å². The molecule has 1 saturated carbocycles. The Hall–Kier alpha value is -1.81. The smallest absolute Gasteiger partial charge is 0.331 e. The van der Waals surface area contributed by atoms with Gasteiger partial charge in [-0.2, -0.15) is 0 Å². The number of hydrogen-bond acceptors (Lipinski definition) is 4. The van der Waals surface area contributed by atoms with Gasteiger partial charge in [0.25, 0.3) is 0 Å². The molecule has 4 heteroatoms. The molecule has 0 amide bonds. The first-order valence-corrected chi connectivity index (χ1v) is 8.26. The fourth-order valence-electron chi connectivity index (χ4n) is 3.07. The largest absolute Gasteiger partial charge is 0.497 e. The molecule has 0 saturated heterocycles. The van der Waals surface area contributed by atoms with Crippen LogP contribution in [-0.4, -0.2) is 44.7 Å². The topological polar surface area (TPSA) is 38.8 Å². The molecule has 4 nitrogen and oxygen atoms in total. The lowest BCUT2D eigenvalue weighted by atomic mass is 9.86. The van der Waals surface area contributed by atoms with E-state index in [4.69, 9.17) is 9.47 Å². The van der Waals surface area contributed by atoms with Crippen molar-refractivity contribution in [3.63, 3.8) is 0 Å². The SMILES string of the molecule is COc1ccc(/C=C/C(=O)O[C@@H]2CCCC[C@H]2CN(C)C)cc1. The van der Waals surface area contributed by atoms with Crippen LogP contribution in [0.5, 0.6) is 5.75 Å². The van der Waals surface area contributed by atoms with Crippen molar-refractivity contribution in [1.29, 1.82) is 0 Å². The summed E-state index contributed by atoms with van der Waals surface area (Å²) in [7, 11) is 5.77. The molecule has 2 rings (SSSR count). The second-order valence-electron chi connectivity index (χ2n) is 6.39. The Morgan fingerprint density at radius 3 is 2.57 bits per heavy atom. The third-order valence-corrected chi connectivity index (χ3v) is 4.23. The molecule has 2 atom stereocenters. The summed E-state index contributed by atoms with van der Waals surface area (Å²) in [5, 5.41) is 0. The molecule has 1 aliphatic rings. The van der Waals surface area contributed by atoms with Crippen molar-refractivity contribution in [2.75, 3.05) is 27.7 Å². The summed E-state index contributed by atoms with van der Waals surface area (Å²) in [6.45, 7) is 0.972. The van der Waals surface area contributed by atoms with Crippen LogP contribution >= 0.6 is 0 Å². The first-order chi connectivity index (χ1) is 11.1. The standard InChI is InChI=1S/C19H27NO3/c1-20(2)14-16-6-4-5-7-18(16)23-19(21)13-10-15-8-11-17(22-3)12-9-15/h8-13,16,18H,4-7,14H2,1-3H3/b13-10+/t16-,18+/m0/s1. The number of rotatable bonds is 6. The van der Waals surface area contributed by atoms with Gasteiger partial charge in [-0.05, 0) is 57.1 Å². The summed E-state index contributed by atoms with van der Waals surface area (Å²) >= 11 is 0. The monoisotopic (exact) mass is 317 g/mol. The number of benzene rings is 1. The predicted molar refractivity (Wildman–Crippen MR) is 92.4 cm³/mol. The third-order valence-electron chi connectivity index (χ3n) is 4.23. The second-order valence-corrected chi connectivity index (χ2v) is 6.39. The number of hydrogen-bond donors (Lipinski definition) is 0. The Balaban J connectivity index is 1.90. The summed E-state index contributed by atoms with van der Waals surface area (Å²) in [5.41, 5.74) is 0.955. The van der Waals surface area contributed by atoms with E-state index in [1.807, 2.05) is 24.3 Å². The van der Waals surface area contributed by atoms with Gasteiger partial charge >= 0.3 is 5.97 Å². The molecule has 0 bridgehead atoms. The number of nitrogens with zero attached hydrogens (tertiary/aromatic N) is 1. The molecule has 0 aliphatic heterocycles. The highest BCUT2D eigenvalue weighted by Gasteiger charge is 2.28. The van der Waals surface area contributed by atoms with Gasteiger partial charge in [-0.15, -0.1) is 0 Å². The molecule has 1 fully saturated rings. The Morgan fingerprint density at radius 2 is 1.91 bits per heavy atom. The van der Waals surface area contributed by atoms with Crippen LogP contribution in [0.25, 0.3) is 6.08 Å². The van der Waals surface area contributed by atoms with Gasteiger partial charge in [0, 0.05) is 18.5 Å². The van der Waals surface area contributed by atoms with E-state index in [9.17, 15) is 4.79 Å². The Bertz CT molecular complexity index is 522. The average molecular weight is 317 g/mol. The normalized spacial score (nSPS) is 21.6. The van der Waals surface area contributed by atoms with Crippen LogP contribution in [0.3, 0.4) is 0 Å². The molecule has 0 aromatic heterocycles. The summed E-state index contributed by atoms with van der Waals surface area (Å²) in [5.74, 6) is 0.993. The molecule has 0 heterocycles. The molecule has 126 valence electrons. The Labute approximate surface area is 139 Å². The Kier molecular flexibility index (Phi) is 6.66. The van der Waals surface area contributed by atoms with Crippen LogP contribution < -0.4 is 4.74 Å². The summed E-state index contributed by atoms with van der Waals surface area (Å²) in [6.07, 6.45) is 7.82. The lowest BCUT2D eigenvalue weighted by Crippen LogP contribution is -2.36. The van der Waals surface area contributed by atoms with Crippen molar-refractivity contribution in [2.45, 2.75) is 31.8 Å². The van der Waals surface area contributed by atoms with Crippen LogP contribution in [0.2, 0.25) is 0 Å². The van der Waals surface area contributed by atoms with E-state index in [1.54, 1.807) is 13.2 Å². The minimum Gasteiger partial charge on any atom is -0.497 e. The molecule has 23 heavy (non-hydrogen) atoms. The first-order valence-electron chi connectivity index (χ1n) is 8.26. The van der Waals surface area contributed by atoms with Crippen molar-refractivity contribution < 1.29 is 14.3 Å². The van der Waals surface area contributed by atoms with Crippen molar-refractivity contribution in [2.24, 2.45) is 5.92 Å². The maximum atomic E-state index is 12.1. The molecular formula is C19H27NO3. The molecule has 0 radical (unpaired) electrons. The van der Waals surface area contributed by atoms with E-state index in [-0.39, 0.29) is 12.1 Å². The lowest BCUT2D eigenvalue weighted by Gasteiger charge is -2.32. The van der Waals surface area contributed by atoms with E-state index < -0.39 is 0 Å². The molecule has 0 N–H and O–H groups in total. The van der Waals surface area contributed by atoms with Gasteiger partial charge < -0.3 is 14.4 Å². The van der Waals surface area contributed by atoms with E-state index in [1.165, 1.54) is 12.5 Å². The maximum Gasteiger partial charge on any atom is 0.331 e. The molecule has 1 aromatic carbocycles. The molecule has 1 aliphatic carbocycles. The zero-order chi connectivity index (χ0) is 16.7. The lowest BCUT2D eigenvalue weighted by molar-refractivity contribution is -0.147. The first kappa shape index (κ1) is 17.5. The van der Waals surface area contributed by atoms with Crippen molar-refractivity contribution in [3.05, 3.63) is 35.9 Å². The number of carbonyl (C=O) groups excluding carboxylic acids is 1. The number of esters is 1. The summed E-state index contributed by atoms with van der Waals surface area (Å²) < 4.78 is 10.8. The minimum atomic E-state index is -0.253. The molecule has 1 aromatic rings. The number of ether oxygens (including phenoxy) is 2. The van der Waals surface area contributed by atoms with Crippen LogP contribution in [0, 0.1) is 5.92 Å². The van der Waals surface area contributed by atoms with Crippen molar-refractivity contribution in [1.82, 2.24) is 4.90 Å². The van der Waals surface area contributed by atoms with E-state index in [2.05, 4.69) is 19.0 Å². The summed E-state index contributed by atoms with van der Waals surface area (Å²) in [6, 6.07) is 7.58. The fraction of sp³-hybridized carbons (Fsp3) is 0.526. The highest BCUT2D eigenvalue weighted by molar-refractivity contribution is 5.87. The fourth-order valence-corrected chi connectivity index (χ4v) is 3.07. The van der Waals surface area contributed by atoms with Crippen molar-refractivity contribution in [3.8, 4) is 5.75 Å². The highest BCUT2D eigenvalue weighted by Crippen LogP contribution is 2.27. The van der Waals surface area contributed by atoms with Gasteiger partial charge in [-0.25, -0.2) is 4.79 Å². The van der Waals surface area contributed by atoms with Crippen LogP contribution in [0.1, 0.15) is 31.2 Å². The molecular weight excluding hydrogens is 290 g/mol. The maximum absolute atomic E-state index is 12.1. The predicted octanol–water partition coefficient (Wildman–Crippen LogP) is 3.37. The van der Waals surface area contributed by atoms with E-state index >= 15 is 0 Å². The second kappa shape index (κ2) is 8.73. The minimum absolute atomic E-state index is 0.0409. The van der Waals surface area contributed by atoms with Gasteiger partial charge in [0.15, 0.2) is 0 Å². The van der Waals surface area contributed by atoms with Gasteiger partial charge in [0.05, 0.1) is 7.11 Å². The quantitative estimate of drug-likeness (QED) is 0.595. The number of carbonyl (C=O) groups is 1. The highest BCUT2D eigenvalue weighted by atomic mass is 16.5.